The molecule has 3 fully saturated rings. The minimum Gasteiger partial charge on any atom is -0.491 e. The molecule has 6 rings (SSSR count). The van der Waals surface area contributed by atoms with Crippen molar-refractivity contribution in [2.24, 2.45) is 28.8 Å². The molecule has 0 unspecified atom stereocenters. The molecule has 2 aromatic rings. The standard InChI is InChI=1S/C58H92N4O19/c1-15-42-58(10,71)50(66)33(4)45(60-75-30-72-13)31(2)27-56(8,70)51(81-55-48(65)40(61(11)12)24-32(3)76-55)34(5)49(35(6)54(69)78-42)80-44-28-57(9,73-14)52(36(7)77-44)79-43(63)19-21-59-20-16-18-37-25-38-46-41(26-37)74-23-17-22-62(46)29-39(47(38)64)53(67)68/h25-26,29,31-36,40,42,44,48-52,55,59,65-66,70-71H,15-24,27-28,30H2,1-14H3,(H,67,68)/b60-45+/t31-,32-,33+,34+,35-,36+,40+,42-,44+,48-,49+,50-,51-,52+,55+,56-,57-,58-/m1/s1. The zero-order valence-electron chi connectivity index (χ0n) is 49.9. The number of aliphatic hydroxyl groups excluding tert-OH is 2. The second-order valence-corrected chi connectivity index (χ2v) is 23.8. The number of benzene rings is 1. The average molecular weight is 1150 g/mol. The topological polar surface area (TPSA) is 294 Å². The number of oxime groups is 1. The lowest BCUT2D eigenvalue weighted by Gasteiger charge is -2.49. The van der Waals surface area contributed by atoms with Crippen molar-refractivity contribution < 1.29 is 87.4 Å². The first-order chi connectivity index (χ1) is 38.1. The number of cyclic esters (lactones) is 1. The molecule has 4 aliphatic rings. The molecule has 23 nitrogen and oxygen atoms in total. The quantitative estimate of drug-likeness (QED) is 0.0498. The number of nitrogens with one attached hydrogen (secondary N) is 1. The van der Waals surface area contributed by atoms with E-state index in [4.69, 9.17) is 47.5 Å². The van der Waals surface area contributed by atoms with Gasteiger partial charge in [-0.3, -0.25) is 14.4 Å². The number of aliphatic hydroxyl groups is 4. The number of carboxylic acid groups (broad SMARTS) is 1. The Morgan fingerprint density at radius 2 is 1.67 bits per heavy atom. The highest BCUT2D eigenvalue weighted by Gasteiger charge is 2.54. The van der Waals surface area contributed by atoms with Crippen LogP contribution in [0.5, 0.6) is 5.75 Å². The molecular weight excluding hydrogens is 1060 g/mol. The maximum Gasteiger partial charge on any atom is 0.341 e. The molecule has 0 amide bonds. The molecule has 5 heterocycles. The molecule has 4 aliphatic heterocycles. The Balaban J connectivity index is 1.20. The van der Waals surface area contributed by atoms with Gasteiger partial charge in [-0.2, -0.15) is 0 Å². The predicted molar refractivity (Wildman–Crippen MR) is 297 cm³/mol. The van der Waals surface area contributed by atoms with Crippen molar-refractivity contribution in [1.29, 1.82) is 0 Å². The number of likely N-dealkylation sites (N-methyl/N-ethyl adjacent to an activating group) is 1. The van der Waals surface area contributed by atoms with E-state index in [-0.39, 0.29) is 62.4 Å². The van der Waals surface area contributed by atoms with Gasteiger partial charge in [-0.25, -0.2) is 4.79 Å². The van der Waals surface area contributed by atoms with Gasteiger partial charge in [-0.15, -0.1) is 0 Å². The minimum atomic E-state index is -2.01. The van der Waals surface area contributed by atoms with Gasteiger partial charge in [0, 0.05) is 63.7 Å². The van der Waals surface area contributed by atoms with Gasteiger partial charge >= 0.3 is 17.9 Å². The number of carbonyl (C=O) groups excluding carboxylic acids is 2. The van der Waals surface area contributed by atoms with Crippen LogP contribution in [0.1, 0.15) is 130 Å². The number of hydrogen-bond acceptors (Lipinski definition) is 21. The van der Waals surface area contributed by atoms with Crippen molar-refractivity contribution >= 4 is 34.5 Å². The molecule has 81 heavy (non-hydrogen) atoms. The molecule has 1 aromatic heterocycles. The molecule has 458 valence electrons. The summed E-state index contributed by atoms with van der Waals surface area (Å²) in [5, 5.41) is 66.5. The third kappa shape index (κ3) is 15.3. The summed E-state index contributed by atoms with van der Waals surface area (Å²) >= 11 is 0. The van der Waals surface area contributed by atoms with E-state index >= 15 is 0 Å². The molecule has 0 bridgehead atoms. The van der Waals surface area contributed by atoms with Crippen molar-refractivity contribution in [2.45, 2.75) is 211 Å². The molecule has 3 saturated heterocycles. The van der Waals surface area contributed by atoms with Gasteiger partial charge in [0.2, 0.25) is 12.2 Å². The Morgan fingerprint density at radius 3 is 2.32 bits per heavy atom. The molecule has 18 atom stereocenters. The van der Waals surface area contributed by atoms with Gasteiger partial charge < -0.3 is 87.8 Å². The fourth-order valence-electron chi connectivity index (χ4n) is 12.4. The van der Waals surface area contributed by atoms with Crippen molar-refractivity contribution in [3.05, 3.63) is 39.7 Å². The van der Waals surface area contributed by atoms with Crippen molar-refractivity contribution in [1.82, 2.24) is 14.8 Å². The zero-order valence-corrected chi connectivity index (χ0v) is 49.9. The number of methoxy groups -OCH3 is 2. The summed E-state index contributed by atoms with van der Waals surface area (Å²) < 4.78 is 57.8. The smallest absolute Gasteiger partial charge is 0.341 e. The number of esters is 2. The van der Waals surface area contributed by atoms with Gasteiger partial charge in [0.25, 0.3) is 0 Å². The van der Waals surface area contributed by atoms with E-state index in [2.05, 4.69) is 10.5 Å². The lowest BCUT2D eigenvalue weighted by molar-refractivity contribution is -0.318. The molecule has 0 aliphatic carbocycles. The molecule has 0 radical (unpaired) electrons. The highest BCUT2D eigenvalue weighted by Crippen LogP contribution is 2.42. The fraction of sp³-hybridized carbons (Fsp3) is 0.776. The first kappa shape index (κ1) is 65.8. The van der Waals surface area contributed by atoms with Crippen LogP contribution < -0.4 is 15.5 Å². The lowest BCUT2D eigenvalue weighted by atomic mass is 9.73. The molecule has 0 spiro atoms. The Morgan fingerprint density at radius 1 is 0.951 bits per heavy atom. The van der Waals surface area contributed by atoms with Crippen LogP contribution in [-0.2, 0) is 65.3 Å². The maximum atomic E-state index is 14.7. The van der Waals surface area contributed by atoms with Crippen LogP contribution in [-0.4, -0.2) is 198 Å². The van der Waals surface area contributed by atoms with E-state index in [0.717, 1.165) is 5.56 Å². The molecular formula is C58H92N4O19. The number of aromatic nitrogens is 1. The normalized spacial score (nSPS) is 36.8. The third-order valence-electron chi connectivity index (χ3n) is 17.0. The van der Waals surface area contributed by atoms with Crippen LogP contribution in [0.3, 0.4) is 0 Å². The van der Waals surface area contributed by atoms with Gasteiger partial charge in [-0.05, 0) is 118 Å². The Hall–Kier alpha value is -4.37. The number of aromatic carboxylic acids is 1. The molecule has 1 aromatic carbocycles. The number of carboxylic acids is 1. The van der Waals surface area contributed by atoms with Crippen LogP contribution >= 0.6 is 0 Å². The Kier molecular flexibility index (Phi) is 22.7. The van der Waals surface area contributed by atoms with Gasteiger partial charge in [-0.1, -0.05) is 32.9 Å². The summed E-state index contributed by atoms with van der Waals surface area (Å²) in [7, 11) is 6.61. The number of ether oxygens (including phenoxy) is 9. The second kappa shape index (κ2) is 28.0. The molecule has 23 heteroatoms. The summed E-state index contributed by atoms with van der Waals surface area (Å²) in [5.41, 5.74) is -4.19. The van der Waals surface area contributed by atoms with Gasteiger partial charge in [0.05, 0.1) is 71.7 Å². The number of carbonyl (C=O) groups is 3. The monoisotopic (exact) mass is 1150 g/mol. The van der Waals surface area contributed by atoms with Crippen LogP contribution in [0.2, 0.25) is 0 Å². The first-order valence-electron chi connectivity index (χ1n) is 28.6. The summed E-state index contributed by atoms with van der Waals surface area (Å²) in [5.74, 6) is -5.66. The van der Waals surface area contributed by atoms with Crippen molar-refractivity contribution in [3.63, 3.8) is 0 Å². The van der Waals surface area contributed by atoms with Crippen LogP contribution in [0.25, 0.3) is 10.9 Å². The number of hydrogen-bond donors (Lipinski definition) is 6. The summed E-state index contributed by atoms with van der Waals surface area (Å²) in [6, 6.07) is 3.25. The van der Waals surface area contributed by atoms with E-state index in [1.165, 1.54) is 27.3 Å². The van der Waals surface area contributed by atoms with E-state index in [1.54, 1.807) is 66.0 Å². The van der Waals surface area contributed by atoms with E-state index in [1.807, 2.05) is 32.0 Å². The fourth-order valence-corrected chi connectivity index (χ4v) is 12.4. The van der Waals surface area contributed by atoms with Gasteiger partial charge in [0.15, 0.2) is 18.7 Å². The van der Waals surface area contributed by atoms with Crippen LogP contribution in [0, 0.1) is 23.7 Å². The predicted octanol–water partition coefficient (Wildman–Crippen LogP) is 4.15. The van der Waals surface area contributed by atoms with E-state index in [9.17, 15) is 44.7 Å². The minimum absolute atomic E-state index is 0.00507. The Labute approximate surface area is 475 Å². The second-order valence-electron chi connectivity index (χ2n) is 23.8. The van der Waals surface area contributed by atoms with Crippen molar-refractivity contribution in [3.8, 4) is 5.75 Å². The Bertz CT molecular complexity index is 2540. The third-order valence-corrected chi connectivity index (χ3v) is 17.0. The molecule has 0 saturated carbocycles. The molecule has 6 N–H and O–H groups in total. The van der Waals surface area contributed by atoms with E-state index < -0.39 is 119 Å². The highest BCUT2D eigenvalue weighted by molar-refractivity contribution is 5.94. The number of nitrogens with zero attached hydrogens (tertiary/aromatic N) is 3. The summed E-state index contributed by atoms with van der Waals surface area (Å²) in [6.07, 6.45) is -7.01. The average Bonchev–Trinajstić information content (AvgIpc) is 3.82. The number of pyridine rings is 1. The number of aryl methyl sites for hydroxylation is 2. The number of rotatable bonds is 19. The summed E-state index contributed by atoms with van der Waals surface area (Å²) in [4.78, 5) is 60.7. The van der Waals surface area contributed by atoms with E-state index in [0.29, 0.717) is 62.0 Å². The first-order valence-corrected chi connectivity index (χ1v) is 28.6. The highest BCUT2D eigenvalue weighted by atomic mass is 16.7. The summed E-state index contributed by atoms with van der Waals surface area (Å²) in [6.45, 7) is 18.4. The maximum absolute atomic E-state index is 14.7. The van der Waals surface area contributed by atoms with Crippen molar-refractivity contribution in [2.75, 3.05) is 54.8 Å². The largest absolute Gasteiger partial charge is 0.491 e. The van der Waals surface area contributed by atoms with Crippen LogP contribution in [0.4, 0.5) is 0 Å². The zero-order chi connectivity index (χ0) is 59.9. The lowest BCUT2D eigenvalue weighted by Crippen LogP contribution is -2.61. The van der Waals surface area contributed by atoms with Gasteiger partial charge in [0.1, 0.15) is 34.7 Å². The SMILES string of the molecule is CC[C@H]1OC(=O)[C@H](C)[C@@H](O[C@H]2C[C@@](C)(OC)[C@@H](OC(=O)CCNCCCc3cc4c5c(c3)c(=O)c(C(=O)O)cn5CCCO4)[C@H](C)O2)[C@H](C)[C@@H](O[C@@H]2O[C@H](C)C[C@H](N(C)C)[C@H]2O)[C@](C)(O)C[C@@H](C)/C(=N\OCOC)[C@H](C)[C@@H](O)[C@]1(C)O. The van der Waals surface area contributed by atoms with Crippen LogP contribution in [0.15, 0.2) is 28.3 Å².